The Morgan fingerprint density at radius 3 is 1.73 bits per heavy atom. The lowest BCUT2D eigenvalue weighted by Gasteiger charge is -2.34. The average Bonchev–Trinajstić information content (AvgIpc) is 3.44. The van der Waals surface area contributed by atoms with Crippen molar-refractivity contribution >= 4 is 86.4 Å². The summed E-state index contributed by atoms with van der Waals surface area (Å²) < 4.78 is 0. The Bertz CT molecular complexity index is 2800. The van der Waals surface area contributed by atoms with Gasteiger partial charge >= 0.3 is 0 Å². The molecule has 80 heavy (non-hydrogen) atoms. The first kappa shape index (κ1) is 63.4. The SMILES string of the molecule is C[C@@H](O)[C@H]1C(=O)N[C@H](C(=O)N[C@H](Cc2ccc(O)cc2)C(N)=O)CSSC[C@@H](NC(=O)[C@@H](N)Cc2ccc(Cl)cc2)C(=O)N[C@@H](Cc2ccc(O)cc2)C(=O)N[C@H](Cc2ccc(C(N)=O)cc2)C(=O)N[C@@H](CCCCN)C(=O)N1C. The van der Waals surface area contributed by atoms with Crippen LogP contribution in [0.15, 0.2) is 97.1 Å². The Morgan fingerprint density at radius 1 is 0.688 bits per heavy atom. The van der Waals surface area contributed by atoms with Gasteiger partial charge in [0.2, 0.25) is 53.2 Å². The molecule has 23 nitrogen and oxygen atoms in total. The van der Waals surface area contributed by atoms with E-state index in [0.29, 0.717) is 33.7 Å². The molecule has 9 amide bonds. The summed E-state index contributed by atoms with van der Waals surface area (Å²) in [5, 5.41) is 47.6. The topological polar surface area (TPSA) is 394 Å². The minimum absolute atomic E-state index is 0.0253. The van der Waals surface area contributed by atoms with Crippen LogP contribution in [0.5, 0.6) is 11.5 Å². The molecule has 0 bridgehead atoms. The van der Waals surface area contributed by atoms with E-state index in [1.807, 2.05) is 0 Å². The molecule has 1 aliphatic rings. The number of phenols is 2. The molecule has 0 unspecified atom stereocenters. The van der Waals surface area contributed by atoms with E-state index in [4.69, 9.17) is 34.5 Å². The number of aromatic hydroxyl groups is 2. The third kappa shape index (κ3) is 19.4. The maximum atomic E-state index is 14.8. The van der Waals surface area contributed by atoms with Gasteiger partial charge in [0.05, 0.1) is 12.1 Å². The number of hydrogen-bond acceptors (Lipinski definition) is 16. The molecular formula is C54H68ClN11O12S2. The zero-order valence-electron chi connectivity index (χ0n) is 44.0. The lowest BCUT2D eigenvalue weighted by atomic mass is 10.00. The molecule has 0 radical (unpaired) electrons. The van der Waals surface area contributed by atoms with Crippen molar-refractivity contribution in [3.05, 3.63) is 130 Å². The van der Waals surface area contributed by atoms with Crippen molar-refractivity contribution in [2.75, 3.05) is 25.1 Å². The molecule has 1 aliphatic heterocycles. The van der Waals surface area contributed by atoms with Gasteiger partial charge in [-0.2, -0.15) is 0 Å². The zero-order chi connectivity index (χ0) is 58.6. The molecule has 0 aliphatic carbocycles. The third-order valence-corrected chi connectivity index (χ3v) is 15.6. The number of nitrogens with zero attached hydrogens (tertiary/aromatic N) is 1. The van der Waals surface area contributed by atoms with Crippen LogP contribution in [-0.2, 0) is 64.0 Å². The molecule has 4 aromatic rings. The highest BCUT2D eigenvalue weighted by Crippen LogP contribution is 2.25. The quantitative estimate of drug-likeness (QED) is 0.0419. The number of carbonyl (C=O) groups excluding carboxylic acids is 9. The fourth-order valence-electron chi connectivity index (χ4n) is 8.46. The van der Waals surface area contributed by atoms with E-state index in [1.165, 1.54) is 86.8 Å². The summed E-state index contributed by atoms with van der Waals surface area (Å²) in [6, 6.07) is 12.3. The number of unbranched alkanes of at least 4 members (excludes halogenated alkanes) is 1. The first-order valence-corrected chi connectivity index (χ1v) is 28.3. The maximum absolute atomic E-state index is 14.8. The second kappa shape index (κ2) is 30.8. The van der Waals surface area contributed by atoms with Gasteiger partial charge in [0.25, 0.3) is 0 Å². The van der Waals surface area contributed by atoms with Gasteiger partial charge < -0.3 is 75.1 Å². The number of benzene rings is 4. The van der Waals surface area contributed by atoms with Crippen molar-refractivity contribution in [2.45, 2.75) is 106 Å². The normalized spacial score (nSPS) is 21.1. The number of carbonyl (C=O) groups is 9. The van der Waals surface area contributed by atoms with Crippen LogP contribution in [0.2, 0.25) is 5.02 Å². The number of rotatable bonds is 19. The number of hydrogen-bond donors (Lipinski definition) is 13. The molecule has 5 rings (SSSR count). The second-order valence-electron chi connectivity index (χ2n) is 19.2. The van der Waals surface area contributed by atoms with E-state index in [-0.39, 0.29) is 73.6 Å². The van der Waals surface area contributed by atoms with Gasteiger partial charge in [-0.1, -0.05) is 81.7 Å². The lowest BCUT2D eigenvalue weighted by Crippen LogP contribution is -2.62. The summed E-state index contributed by atoms with van der Waals surface area (Å²) in [5.41, 5.74) is 25.6. The van der Waals surface area contributed by atoms with Gasteiger partial charge in [-0.25, -0.2) is 0 Å². The molecule has 1 fully saturated rings. The van der Waals surface area contributed by atoms with Crippen LogP contribution >= 0.6 is 33.2 Å². The van der Waals surface area contributed by atoms with Crippen LogP contribution in [0.4, 0.5) is 0 Å². The first-order valence-electron chi connectivity index (χ1n) is 25.5. The smallest absolute Gasteiger partial charge is 0.248 e. The summed E-state index contributed by atoms with van der Waals surface area (Å²) >= 11 is 6.07. The molecule has 4 aromatic carbocycles. The summed E-state index contributed by atoms with van der Waals surface area (Å²) in [6.07, 6.45) is -1.53. The van der Waals surface area contributed by atoms with Crippen molar-refractivity contribution in [3.63, 3.8) is 0 Å². The standard InChI is InChI=1S/C54H68ClN11O12S2/c1-29(67)45-53(77)65-44(51(75)61-40(47(59)71)24-32-10-18-36(68)19-11-32)28-80-79-27-43(64-48(72)38(57)23-30-8-16-35(55)17-9-30)52(76)63-42(26-33-12-20-37(69)21-13-33)50(74)62-41(25-31-6-14-34(15-7-31)46(58)70)49(73)60-39(5-3-4-22-56)54(78)66(45)2/h6-21,29,38-45,67-69H,3-5,22-28,56-57H2,1-2H3,(H2,58,70)(H2,59,71)(H,60,73)(H,61,75)(H,62,74)(H,63,76)(H,64,72)(H,65,77)/t29-,38+,39+,40-,41-,42+,43-,44+,45+/m1/s1. The summed E-state index contributed by atoms with van der Waals surface area (Å²) in [7, 11) is 3.14. The second-order valence-corrected chi connectivity index (χ2v) is 22.2. The maximum Gasteiger partial charge on any atom is 0.248 e. The number of aliphatic hydroxyl groups is 1. The Kier molecular flexibility index (Phi) is 24.4. The molecule has 26 heteroatoms. The number of phenolic OH excluding ortho intramolecular Hbond substituents is 2. The predicted octanol–water partition coefficient (Wildman–Crippen LogP) is -0.426. The van der Waals surface area contributed by atoms with Crippen molar-refractivity contribution in [2.24, 2.45) is 22.9 Å². The number of nitrogens with one attached hydrogen (secondary N) is 6. The van der Waals surface area contributed by atoms with Crippen LogP contribution in [0.1, 0.15) is 58.8 Å². The first-order chi connectivity index (χ1) is 38.0. The van der Waals surface area contributed by atoms with Crippen LogP contribution < -0.4 is 54.8 Å². The van der Waals surface area contributed by atoms with Gasteiger partial charge in [0, 0.05) is 48.4 Å². The van der Waals surface area contributed by atoms with Gasteiger partial charge in [-0.15, -0.1) is 0 Å². The molecule has 1 heterocycles. The molecule has 0 aromatic heterocycles. The molecular weight excluding hydrogens is 1090 g/mol. The monoisotopic (exact) mass is 1160 g/mol. The molecule has 1 saturated heterocycles. The van der Waals surface area contributed by atoms with E-state index < -0.39 is 108 Å². The van der Waals surface area contributed by atoms with E-state index in [9.17, 15) is 58.5 Å². The van der Waals surface area contributed by atoms with Crippen molar-refractivity contribution in [1.29, 1.82) is 0 Å². The van der Waals surface area contributed by atoms with Gasteiger partial charge in [-0.3, -0.25) is 43.2 Å². The van der Waals surface area contributed by atoms with Crippen LogP contribution in [-0.4, -0.2) is 153 Å². The minimum Gasteiger partial charge on any atom is -0.508 e. The number of nitrogens with two attached hydrogens (primary N) is 4. The van der Waals surface area contributed by atoms with Crippen LogP contribution in [0, 0.1) is 0 Å². The molecule has 17 N–H and O–H groups in total. The molecule has 0 saturated carbocycles. The van der Waals surface area contributed by atoms with Gasteiger partial charge in [-0.05, 0) is 110 Å². The number of amides is 9. The van der Waals surface area contributed by atoms with E-state index in [1.54, 1.807) is 24.3 Å². The van der Waals surface area contributed by atoms with Crippen LogP contribution in [0.25, 0.3) is 0 Å². The van der Waals surface area contributed by atoms with Gasteiger partial charge in [0.1, 0.15) is 53.8 Å². The third-order valence-electron chi connectivity index (χ3n) is 12.9. The molecule has 430 valence electrons. The highest BCUT2D eigenvalue weighted by Gasteiger charge is 2.39. The number of primary amides is 2. The van der Waals surface area contributed by atoms with Crippen molar-refractivity contribution in [1.82, 2.24) is 36.8 Å². The Balaban J connectivity index is 1.60. The number of halogens is 1. The lowest BCUT2D eigenvalue weighted by molar-refractivity contribution is -0.146. The van der Waals surface area contributed by atoms with Crippen molar-refractivity contribution < 1.29 is 58.5 Å². The number of likely N-dealkylation sites (N-methyl/N-ethyl adjacent to an activating group) is 1. The highest BCUT2D eigenvalue weighted by molar-refractivity contribution is 8.76. The van der Waals surface area contributed by atoms with Gasteiger partial charge in [0.15, 0.2) is 0 Å². The number of aliphatic hydroxyl groups excluding tert-OH is 1. The fraction of sp³-hybridized carbons (Fsp3) is 0.389. The van der Waals surface area contributed by atoms with E-state index in [0.717, 1.165) is 26.5 Å². The van der Waals surface area contributed by atoms with E-state index >= 15 is 0 Å². The summed E-state index contributed by atoms with van der Waals surface area (Å²) in [6.45, 7) is 1.45. The average molecular weight is 1160 g/mol. The van der Waals surface area contributed by atoms with Crippen molar-refractivity contribution in [3.8, 4) is 11.5 Å². The predicted molar refractivity (Wildman–Crippen MR) is 302 cm³/mol. The molecule has 0 spiro atoms. The molecule has 9 atom stereocenters. The highest BCUT2D eigenvalue weighted by atomic mass is 35.5. The van der Waals surface area contributed by atoms with Crippen LogP contribution in [0.3, 0.4) is 0 Å². The summed E-state index contributed by atoms with van der Waals surface area (Å²) in [4.78, 5) is 127. The largest absolute Gasteiger partial charge is 0.508 e. The zero-order valence-corrected chi connectivity index (χ0v) is 46.4. The fourth-order valence-corrected chi connectivity index (χ4v) is 10.9. The minimum atomic E-state index is -1.71. The Labute approximate surface area is 475 Å². The van der Waals surface area contributed by atoms with E-state index in [2.05, 4.69) is 31.9 Å². The summed E-state index contributed by atoms with van der Waals surface area (Å²) in [5.74, 6) is -8.63. The Morgan fingerprint density at radius 2 is 1.19 bits per heavy atom. The Hall–Kier alpha value is -7.42.